The van der Waals surface area contributed by atoms with E-state index in [1.165, 1.54) is 19.3 Å². The molecule has 1 aliphatic heterocycles. The van der Waals surface area contributed by atoms with Gasteiger partial charge in [-0.05, 0) is 18.8 Å². The Morgan fingerprint density at radius 1 is 1.37 bits per heavy atom. The van der Waals surface area contributed by atoms with E-state index in [1.807, 2.05) is 0 Å². The molecule has 1 saturated carbocycles. The Morgan fingerprint density at radius 2 is 2.11 bits per heavy atom. The molecular formula is C13H23N3O3. The average Bonchev–Trinajstić information content (AvgIpc) is 2.79. The van der Waals surface area contributed by atoms with Crippen molar-refractivity contribution in [2.24, 2.45) is 11.7 Å². The lowest BCUT2D eigenvalue weighted by molar-refractivity contribution is -0.124. The van der Waals surface area contributed by atoms with Crippen LogP contribution in [-0.4, -0.2) is 49.2 Å². The molecule has 0 bridgehead atoms. The maximum Gasteiger partial charge on any atom is 0.410 e. The van der Waals surface area contributed by atoms with Gasteiger partial charge in [-0.15, -0.1) is 0 Å². The lowest BCUT2D eigenvalue weighted by atomic mass is 9.89. The Balaban J connectivity index is 1.90. The van der Waals surface area contributed by atoms with Crippen molar-refractivity contribution in [3.63, 3.8) is 0 Å². The van der Waals surface area contributed by atoms with Gasteiger partial charge in [0.2, 0.25) is 5.91 Å². The molecule has 0 spiro atoms. The van der Waals surface area contributed by atoms with Gasteiger partial charge < -0.3 is 15.8 Å². The molecule has 19 heavy (non-hydrogen) atoms. The normalized spacial score (nSPS) is 24.4. The van der Waals surface area contributed by atoms with E-state index >= 15 is 0 Å². The summed E-state index contributed by atoms with van der Waals surface area (Å²) in [6.07, 6.45) is 5.64. The van der Waals surface area contributed by atoms with Crippen LogP contribution in [-0.2, 0) is 9.53 Å². The van der Waals surface area contributed by atoms with Crippen LogP contribution in [0.25, 0.3) is 0 Å². The van der Waals surface area contributed by atoms with E-state index < -0.39 is 6.04 Å². The minimum Gasteiger partial charge on any atom is -0.447 e. The number of hydrogen-bond donors (Lipinski definition) is 2. The molecule has 2 aliphatic rings. The van der Waals surface area contributed by atoms with Crippen LogP contribution in [0.5, 0.6) is 0 Å². The van der Waals surface area contributed by atoms with Crippen molar-refractivity contribution < 1.29 is 14.3 Å². The third-order valence-electron chi connectivity index (χ3n) is 3.90. The van der Waals surface area contributed by atoms with Crippen LogP contribution in [0.3, 0.4) is 0 Å². The minimum atomic E-state index is -0.485. The summed E-state index contributed by atoms with van der Waals surface area (Å²) < 4.78 is 5.02. The smallest absolute Gasteiger partial charge is 0.410 e. The fourth-order valence-corrected chi connectivity index (χ4v) is 2.83. The van der Waals surface area contributed by atoms with E-state index in [9.17, 15) is 9.59 Å². The molecule has 2 fully saturated rings. The maximum absolute atomic E-state index is 12.0. The van der Waals surface area contributed by atoms with Crippen molar-refractivity contribution in [1.82, 2.24) is 10.2 Å². The summed E-state index contributed by atoms with van der Waals surface area (Å²) in [7, 11) is 0. The zero-order valence-electron chi connectivity index (χ0n) is 11.3. The fourth-order valence-electron chi connectivity index (χ4n) is 2.83. The van der Waals surface area contributed by atoms with E-state index in [2.05, 4.69) is 5.32 Å². The van der Waals surface area contributed by atoms with Gasteiger partial charge in [-0.2, -0.15) is 0 Å². The average molecular weight is 269 g/mol. The van der Waals surface area contributed by atoms with Crippen molar-refractivity contribution in [3.8, 4) is 0 Å². The van der Waals surface area contributed by atoms with Crippen LogP contribution < -0.4 is 11.1 Å². The predicted octanol–water partition coefficient (Wildman–Crippen LogP) is 0.462. The first-order chi connectivity index (χ1) is 9.22. The Morgan fingerprint density at radius 3 is 2.79 bits per heavy atom. The first-order valence-electron chi connectivity index (χ1n) is 7.13. The Labute approximate surface area is 113 Å². The highest BCUT2D eigenvalue weighted by molar-refractivity contribution is 5.87. The van der Waals surface area contributed by atoms with Crippen LogP contribution in [0.4, 0.5) is 4.79 Å². The Kier molecular flexibility index (Phi) is 5.01. The standard InChI is InChI=1S/C13H23N3O3/c14-6-7-15-12(17)11-9-19-13(18)16(11)8-10-4-2-1-3-5-10/h10-11H,1-9,14H2,(H,15,17)/t11-/m0/s1. The molecule has 108 valence electrons. The zero-order valence-corrected chi connectivity index (χ0v) is 11.3. The molecule has 2 rings (SSSR count). The van der Waals surface area contributed by atoms with Crippen LogP contribution in [0.2, 0.25) is 0 Å². The number of cyclic esters (lactones) is 1. The van der Waals surface area contributed by atoms with Crippen LogP contribution in [0.15, 0.2) is 0 Å². The van der Waals surface area contributed by atoms with Crippen LogP contribution in [0.1, 0.15) is 32.1 Å². The molecule has 1 atom stereocenters. The summed E-state index contributed by atoms with van der Waals surface area (Å²) in [5.74, 6) is 0.344. The molecule has 0 aromatic heterocycles. The number of nitrogens with one attached hydrogen (secondary N) is 1. The molecule has 6 heteroatoms. The van der Waals surface area contributed by atoms with Gasteiger partial charge in [-0.1, -0.05) is 19.3 Å². The lowest BCUT2D eigenvalue weighted by Gasteiger charge is -2.28. The molecule has 6 nitrogen and oxygen atoms in total. The van der Waals surface area contributed by atoms with Gasteiger partial charge in [-0.25, -0.2) is 4.79 Å². The quantitative estimate of drug-likeness (QED) is 0.759. The highest BCUT2D eigenvalue weighted by Gasteiger charge is 2.38. The number of hydrogen-bond acceptors (Lipinski definition) is 4. The summed E-state index contributed by atoms with van der Waals surface area (Å²) in [6, 6.07) is -0.485. The summed E-state index contributed by atoms with van der Waals surface area (Å²) >= 11 is 0. The largest absolute Gasteiger partial charge is 0.447 e. The third-order valence-corrected chi connectivity index (χ3v) is 3.90. The van der Waals surface area contributed by atoms with E-state index in [4.69, 9.17) is 10.5 Å². The second kappa shape index (κ2) is 6.75. The molecule has 1 aliphatic carbocycles. The second-order valence-electron chi connectivity index (χ2n) is 5.33. The minimum absolute atomic E-state index is 0.155. The number of rotatable bonds is 5. The van der Waals surface area contributed by atoms with Crippen LogP contribution >= 0.6 is 0 Å². The van der Waals surface area contributed by atoms with Crippen molar-refractivity contribution in [2.45, 2.75) is 38.1 Å². The second-order valence-corrected chi connectivity index (χ2v) is 5.33. The molecule has 2 amide bonds. The molecule has 1 saturated heterocycles. The van der Waals surface area contributed by atoms with Crippen molar-refractivity contribution in [2.75, 3.05) is 26.2 Å². The third kappa shape index (κ3) is 3.59. The van der Waals surface area contributed by atoms with Gasteiger partial charge in [0, 0.05) is 19.6 Å². The number of nitrogens with zero attached hydrogens (tertiary/aromatic N) is 1. The van der Waals surface area contributed by atoms with Gasteiger partial charge in [0.15, 0.2) is 0 Å². The monoisotopic (exact) mass is 269 g/mol. The first kappa shape index (κ1) is 14.1. The van der Waals surface area contributed by atoms with Crippen molar-refractivity contribution in [3.05, 3.63) is 0 Å². The summed E-state index contributed by atoms with van der Waals surface area (Å²) in [4.78, 5) is 25.3. The molecule has 0 aromatic rings. The number of carbonyl (C=O) groups excluding carboxylic acids is 2. The van der Waals surface area contributed by atoms with E-state index in [0.717, 1.165) is 12.8 Å². The highest BCUT2D eigenvalue weighted by Crippen LogP contribution is 2.26. The molecular weight excluding hydrogens is 246 g/mol. The summed E-state index contributed by atoms with van der Waals surface area (Å²) in [5, 5.41) is 2.72. The molecule has 1 heterocycles. The van der Waals surface area contributed by atoms with E-state index in [1.54, 1.807) is 4.90 Å². The van der Waals surface area contributed by atoms with Gasteiger partial charge >= 0.3 is 6.09 Å². The Hall–Kier alpha value is -1.30. The summed E-state index contributed by atoms with van der Waals surface area (Å²) in [6.45, 7) is 1.62. The number of carbonyl (C=O) groups is 2. The van der Waals surface area contributed by atoms with Gasteiger partial charge in [0.05, 0.1) is 0 Å². The first-order valence-corrected chi connectivity index (χ1v) is 7.13. The fraction of sp³-hybridized carbons (Fsp3) is 0.846. The van der Waals surface area contributed by atoms with Crippen molar-refractivity contribution >= 4 is 12.0 Å². The van der Waals surface area contributed by atoms with E-state index in [0.29, 0.717) is 25.6 Å². The predicted molar refractivity (Wildman–Crippen MR) is 70.5 cm³/mol. The zero-order chi connectivity index (χ0) is 13.7. The number of ether oxygens (including phenoxy) is 1. The molecule has 3 N–H and O–H groups in total. The number of nitrogens with two attached hydrogens (primary N) is 1. The SMILES string of the molecule is NCCNC(=O)[C@@H]1COC(=O)N1CC1CCCCC1. The summed E-state index contributed by atoms with van der Waals surface area (Å²) in [5.41, 5.74) is 5.36. The topological polar surface area (TPSA) is 84.7 Å². The van der Waals surface area contributed by atoms with Crippen molar-refractivity contribution in [1.29, 1.82) is 0 Å². The lowest BCUT2D eigenvalue weighted by Crippen LogP contribution is -2.48. The molecule has 0 unspecified atom stereocenters. The maximum atomic E-state index is 12.0. The van der Waals surface area contributed by atoms with E-state index in [-0.39, 0.29) is 18.6 Å². The van der Waals surface area contributed by atoms with Gasteiger partial charge in [-0.3, -0.25) is 9.69 Å². The molecule has 0 aromatic carbocycles. The van der Waals surface area contributed by atoms with Crippen LogP contribution in [0, 0.1) is 5.92 Å². The molecule has 0 radical (unpaired) electrons. The van der Waals surface area contributed by atoms with Gasteiger partial charge in [0.1, 0.15) is 12.6 Å². The highest BCUT2D eigenvalue weighted by atomic mass is 16.6. The van der Waals surface area contributed by atoms with Gasteiger partial charge in [0.25, 0.3) is 0 Å². The number of amides is 2. The Bertz CT molecular complexity index is 329.